The average Bonchev–Trinajstić information content (AvgIpc) is 2.78. The summed E-state index contributed by atoms with van der Waals surface area (Å²) < 4.78 is 41.8. The minimum absolute atomic E-state index is 0.123. The van der Waals surface area contributed by atoms with Gasteiger partial charge in [0.05, 0.1) is 0 Å². The maximum absolute atomic E-state index is 13.9. The van der Waals surface area contributed by atoms with Crippen molar-refractivity contribution in [3.05, 3.63) is 107 Å². The van der Waals surface area contributed by atoms with Crippen molar-refractivity contribution >= 4 is 11.6 Å². The first-order chi connectivity index (χ1) is 14.4. The second-order valence-electron chi connectivity index (χ2n) is 7.94. The molecule has 0 spiro atoms. The molecule has 1 unspecified atom stereocenters. The van der Waals surface area contributed by atoms with Gasteiger partial charge >= 0.3 is 6.18 Å². The number of rotatable bonds is 3. The number of alkyl halides is 3. The van der Waals surface area contributed by atoms with E-state index in [0.29, 0.717) is 11.1 Å². The maximum Gasteiger partial charge on any atom is 0.451 e. The minimum Gasteiger partial charge on any atom is -0.293 e. The highest BCUT2D eigenvalue weighted by molar-refractivity contribution is 6.18. The average molecular weight is 406 g/mol. The van der Waals surface area contributed by atoms with Crippen molar-refractivity contribution in [1.29, 1.82) is 0 Å². The second-order valence-corrected chi connectivity index (χ2v) is 7.94. The summed E-state index contributed by atoms with van der Waals surface area (Å²) in [5, 5.41) is 0. The Morgan fingerprint density at radius 1 is 0.733 bits per heavy atom. The number of halogens is 3. The molecule has 1 atom stereocenters. The van der Waals surface area contributed by atoms with Gasteiger partial charge in [-0.2, -0.15) is 13.2 Å². The van der Waals surface area contributed by atoms with Gasteiger partial charge in [0, 0.05) is 17.4 Å². The molecule has 0 aliphatic heterocycles. The van der Waals surface area contributed by atoms with Crippen LogP contribution in [-0.2, 0) is 4.79 Å². The predicted molar refractivity (Wildman–Crippen MR) is 105 cm³/mol. The van der Waals surface area contributed by atoms with E-state index in [1.807, 2.05) is 24.3 Å². The van der Waals surface area contributed by atoms with Gasteiger partial charge in [-0.1, -0.05) is 78.9 Å². The fourth-order valence-electron chi connectivity index (χ4n) is 5.36. The summed E-state index contributed by atoms with van der Waals surface area (Å²) in [5.74, 6) is -4.13. The molecule has 0 N–H and O–H groups in total. The number of Topliss-reactive ketones (excluding diaryl/α,β-unsaturated/α-hetero) is 2. The zero-order valence-corrected chi connectivity index (χ0v) is 15.8. The highest BCUT2D eigenvalue weighted by atomic mass is 19.4. The molecule has 0 amide bonds. The van der Waals surface area contributed by atoms with Crippen molar-refractivity contribution < 1.29 is 22.8 Å². The van der Waals surface area contributed by atoms with Gasteiger partial charge in [-0.15, -0.1) is 0 Å². The van der Waals surface area contributed by atoms with Gasteiger partial charge in [0.25, 0.3) is 5.78 Å². The van der Waals surface area contributed by atoms with Crippen LogP contribution in [0.5, 0.6) is 0 Å². The Hall–Kier alpha value is -3.21. The molecule has 3 aliphatic rings. The van der Waals surface area contributed by atoms with Gasteiger partial charge < -0.3 is 0 Å². The van der Waals surface area contributed by atoms with Gasteiger partial charge in [0.15, 0.2) is 5.78 Å². The summed E-state index contributed by atoms with van der Waals surface area (Å²) in [4.78, 5) is 26.7. The summed E-state index contributed by atoms with van der Waals surface area (Å²) in [6, 6.07) is 22.3. The summed E-state index contributed by atoms with van der Waals surface area (Å²) in [6.07, 6.45) is -5.30. The maximum atomic E-state index is 13.9. The Bertz CT molecular complexity index is 1120. The highest BCUT2D eigenvalue weighted by Crippen LogP contribution is 2.63. The molecule has 2 nitrogen and oxygen atoms in total. The second kappa shape index (κ2) is 6.39. The first-order valence-electron chi connectivity index (χ1n) is 9.75. The van der Waals surface area contributed by atoms with E-state index in [-0.39, 0.29) is 12.0 Å². The normalized spacial score (nSPS) is 24.1. The quantitative estimate of drug-likeness (QED) is 0.415. The fourth-order valence-corrected chi connectivity index (χ4v) is 5.36. The topological polar surface area (TPSA) is 34.1 Å². The van der Waals surface area contributed by atoms with Crippen molar-refractivity contribution in [2.75, 3.05) is 0 Å². The molecule has 0 saturated carbocycles. The van der Waals surface area contributed by atoms with Crippen molar-refractivity contribution in [2.45, 2.75) is 24.4 Å². The third-order valence-electron chi connectivity index (χ3n) is 6.49. The van der Waals surface area contributed by atoms with Crippen LogP contribution in [0, 0.1) is 5.41 Å². The van der Waals surface area contributed by atoms with Crippen LogP contribution >= 0.6 is 0 Å². The monoisotopic (exact) mass is 406 g/mol. The number of ketones is 2. The standard InChI is InChI=1S/C25H17F3O2/c26-25(27,28)23(30)24(22(29)15-8-2-1-3-9-15)14-20-16-10-4-6-12-18(16)21(24)19-13-7-5-11-17(19)20/h1-13,20-21H,14H2. The number of carbonyl (C=O) groups excluding carboxylic acids is 2. The molecule has 3 aromatic carbocycles. The third kappa shape index (κ3) is 2.44. The lowest BCUT2D eigenvalue weighted by molar-refractivity contribution is -0.181. The molecule has 30 heavy (non-hydrogen) atoms. The summed E-state index contributed by atoms with van der Waals surface area (Å²) in [7, 11) is 0. The number of hydrogen-bond acceptors (Lipinski definition) is 2. The van der Waals surface area contributed by atoms with Gasteiger partial charge in [-0.05, 0) is 28.7 Å². The van der Waals surface area contributed by atoms with E-state index in [0.717, 1.165) is 11.1 Å². The Balaban J connectivity index is 1.83. The van der Waals surface area contributed by atoms with Gasteiger partial charge in [-0.3, -0.25) is 9.59 Å². The molecule has 5 heteroatoms. The molecule has 0 heterocycles. The van der Waals surface area contributed by atoms with Crippen molar-refractivity contribution in [3.63, 3.8) is 0 Å². The van der Waals surface area contributed by atoms with Crippen LogP contribution in [0.25, 0.3) is 0 Å². The van der Waals surface area contributed by atoms with Crippen LogP contribution in [0.2, 0.25) is 0 Å². The summed E-state index contributed by atoms with van der Waals surface area (Å²) in [5.41, 5.74) is 0.967. The zero-order chi connectivity index (χ0) is 21.1. The van der Waals surface area contributed by atoms with Crippen LogP contribution < -0.4 is 0 Å². The Morgan fingerprint density at radius 3 is 1.70 bits per heavy atom. The van der Waals surface area contributed by atoms with Crippen molar-refractivity contribution in [3.8, 4) is 0 Å². The highest BCUT2D eigenvalue weighted by Gasteiger charge is 2.66. The molecule has 3 aromatic rings. The van der Waals surface area contributed by atoms with Crippen LogP contribution in [0.1, 0.15) is 50.9 Å². The molecular weight excluding hydrogens is 389 g/mol. The van der Waals surface area contributed by atoms with Crippen molar-refractivity contribution in [1.82, 2.24) is 0 Å². The van der Waals surface area contributed by atoms with E-state index < -0.39 is 35.0 Å². The number of carbonyl (C=O) groups is 2. The molecule has 0 aromatic heterocycles. The van der Waals surface area contributed by atoms with E-state index in [4.69, 9.17) is 0 Å². The zero-order valence-electron chi connectivity index (χ0n) is 15.8. The minimum atomic E-state index is -5.12. The SMILES string of the molecule is O=C(c1ccccc1)C1(C(=O)C(F)(F)F)CC2c3ccccc3C1c1ccccc12. The summed E-state index contributed by atoms with van der Waals surface area (Å²) >= 11 is 0. The van der Waals surface area contributed by atoms with Crippen LogP contribution in [-0.4, -0.2) is 17.7 Å². The molecule has 0 radical (unpaired) electrons. The molecule has 2 bridgehead atoms. The lowest BCUT2D eigenvalue weighted by Gasteiger charge is -2.51. The third-order valence-corrected chi connectivity index (χ3v) is 6.49. The van der Waals surface area contributed by atoms with E-state index in [1.165, 1.54) is 12.1 Å². The van der Waals surface area contributed by atoms with E-state index >= 15 is 0 Å². The number of fused-ring (bicyclic) bond motifs is 1. The molecule has 0 saturated heterocycles. The molecule has 0 fully saturated rings. The predicted octanol–water partition coefficient (Wildman–Crippen LogP) is 5.67. The molecular formula is C25H17F3O2. The summed E-state index contributed by atoms with van der Waals surface area (Å²) in [6.45, 7) is 0. The lowest BCUT2D eigenvalue weighted by atomic mass is 9.49. The Labute approximate surface area is 171 Å². The Kier molecular flexibility index (Phi) is 4.01. The van der Waals surface area contributed by atoms with Crippen molar-refractivity contribution in [2.24, 2.45) is 5.41 Å². The van der Waals surface area contributed by atoms with E-state index in [1.54, 1.807) is 42.5 Å². The largest absolute Gasteiger partial charge is 0.451 e. The van der Waals surface area contributed by atoms with Gasteiger partial charge in [0.2, 0.25) is 0 Å². The van der Waals surface area contributed by atoms with E-state index in [2.05, 4.69) is 0 Å². The Morgan fingerprint density at radius 2 is 1.20 bits per heavy atom. The first-order valence-corrected chi connectivity index (χ1v) is 9.75. The molecule has 6 rings (SSSR count). The lowest BCUT2D eigenvalue weighted by Crippen LogP contribution is -2.55. The van der Waals surface area contributed by atoms with Crippen LogP contribution in [0.15, 0.2) is 78.9 Å². The first kappa shape index (κ1) is 18.8. The molecule has 150 valence electrons. The number of hydrogen-bond donors (Lipinski definition) is 0. The fraction of sp³-hybridized carbons (Fsp3) is 0.200. The van der Waals surface area contributed by atoms with E-state index in [9.17, 15) is 22.8 Å². The number of benzene rings is 3. The van der Waals surface area contributed by atoms with Crippen LogP contribution in [0.3, 0.4) is 0 Å². The molecule has 3 aliphatic carbocycles. The van der Waals surface area contributed by atoms with Gasteiger partial charge in [-0.25, -0.2) is 0 Å². The van der Waals surface area contributed by atoms with Crippen LogP contribution in [0.4, 0.5) is 13.2 Å². The van der Waals surface area contributed by atoms with Gasteiger partial charge in [0.1, 0.15) is 5.41 Å². The smallest absolute Gasteiger partial charge is 0.293 e.